The van der Waals surface area contributed by atoms with E-state index in [1.54, 1.807) is 16.2 Å². The van der Waals surface area contributed by atoms with Crippen LogP contribution in [0.25, 0.3) is 5.00 Å². The summed E-state index contributed by atoms with van der Waals surface area (Å²) < 4.78 is 4.07. The minimum atomic E-state index is -0.596. The molecule has 0 saturated carbocycles. The van der Waals surface area contributed by atoms with E-state index in [1.165, 1.54) is 5.56 Å². The lowest BCUT2D eigenvalue weighted by molar-refractivity contribution is -0.136. The summed E-state index contributed by atoms with van der Waals surface area (Å²) >= 11 is 7.85. The van der Waals surface area contributed by atoms with E-state index in [0.717, 1.165) is 100 Å². The number of imide groups is 1. The molecule has 7 heterocycles. The molecule has 56 heavy (non-hydrogen) atoms. The van der Waals surface area contributed by atoms with Gasteiger partial charge in [0.15, 0.2) is 5.82 Å². The topological polar surface area (TPSA) is 131 Å². The van der Waals surface area contributed by atoms with Crippen molar-refractivity contribution < 1.29 is 14.4 Å². The molecule has 0 radical (unpaired) electrons. The summed E-state index contributed by atoms with van der Waals surface area (Å²) in [5.41, 5.74) is 7.79. The van der Waals surface area contributed by atoms with Crippen molar-refractivity contribution in [3.63, 3.8) is 0 Å². The average molecular weight is 786 g/mol. The zero-order valence-corrected chi connectivity index (χ0v) is 32.8. The van der Waals surface area contributed by atoms with E-state index >= 15 is 0 Å². The fourth-order valence-corrected chi connectivity index (χ4v) is 9.75. The number of amides is 3. The molecule has 14 heteroatoms. The van der Waals surface area contributed by atoms with Crippen molar-refractivity contribution in [3.05, 3.63) is 115 Å². The molecule has 284 valence electrons. The van der Waals surface area contributed by atoms with Gasteiger partial charge in [-0.25, -0.2) is 0 Å². The first-order valence-electron chi connectivity index (χ1n) is 19.1. The smallest absolute Gasteiger partial charge is 0.255 e. The number of aromatic nitrogens is 5. The fraction of sp³-hybridized carbons (Fsp3) is 0.357. The van der Waals surface area contributed by atoms with Crippen LogP contribution in [0.3, 0.4) is 0 Å². The standard InChI is InChI=1S/C42H40ClN9O3S/c1-25-35(56-42-38(25)39(29-7-9-31(43)10-8-29)44-22-36-48-47-26(2)52(36)42)12-6-28-21-45-50(23-28)19-18-49-16-14-27(15-17-49)20-30-4-3-5-32-33(30)24-51(41(32)55)34-11-13-37(53)46-40(34)54/h3-5,7-10,21,23,27,34H,11,13-20,22,24H2,1-2H3,(H,46,53,54). The lowest BCUT2D eigenvalue weighted by atomic mass is 9.87. The Bertz CT molecular complexity index is 2480. The molecule has 3 amide bonds. The normalized spacial score (nSPS) is 18.5. The van der Waals surface area contributed by atoms with Gasteiger partial charge in [-0.3, -0.25) is 33.9 Å². The van der Waals surface area contributed by atoms with Gasteiger partial charge in [0.25, 0.3) is 5.91 Å². The lowest BCUT2D eigenvalue weighted by Gasteiger charge is -2.32. The maximum absolute atomic E-state index is 13.3. The minimum absolute atomic E-state index is 0.116. The van der Waals surface area contributed by atoms with Crippen molar-refractivity contribution in [1.82, 2.24) is 39.7 Å². The number of rotatable bonds is 7. The molecule has 1 atom stereocenters. The third kappa shape index (κ3) is 6.86. The molecule has 0 aliphatic carbocycles. The Labute approximate surface area is 333 Å². The lowest BCUT2D eigenvalue weighted by Crippen LogP contribution is -2.52. The maximum Gasteiger partial charge on any atom is 0.255 e. The molecular formula is C42H40ClN9O3S. The van der Waals surface area contributed by atoms with Gasteiger partial charge in [-0.05, 0) is 93.4 Å². The summed E-state index contributed by atoms with van der Waals surface area (Å²) in [6, 6.07) is 13.1. The average Bonchev–Trinajstić information content (AvgIpc) is 3.94. The van der Waals surface area contributed by atoms with Crippen LogP contribution in [-0.4, -0.2) is 83.5 Å². The summed E-state index contributed by atoms with van der Waals surface area (Å²) in [6.07, 6.45) is 7.55. The molecule has 12 nitrogen and oxygen atoms in total. The molecule has 2 aromatic carbocycles. The highest BCUT2D eigenvalue weighted by molar-refractivity contribution is 7.15. The third-order valence-electron chi connectivity index (χ3n) is 11.4. The predicted octanol–water partition coefficient (Wildman–Crippen LogP) is 5.26. The van der Waals surface area contributed by atoms with Crippen LogP contribution in [-0.2, 0) is 35.6 Å². The van der Waals surface area contributed by atoms with E-state index in [9.17, 15) is 14.4 Å². The number of nitrogens with zero attached hydrogens (tertiary/aromatic N) is 8. The molecule has 9 rings (SSSR count). The number of fused-ring (bicyclic) bond motifs is 4. The summed E-state index contributed by atoms with van der Waals surface area (Å²) in [5.74, 6) is 8.18. The van der Waals surface area contributed by atoms with Crippen molar-refractivity contribution >= 4 is 46.4 Å². The highest BCUT2D eigenvalue weighted by atomic mass is 35.5. The van der Waals surface area contributed by atoms with Crippen molar-refractivity contribution in [1.29, 1.82) is 0 Å². The first-order chi connectivity index (χ1) is 27.2. The Morgan fingerprint density at radius 1 is 0.982 bits per heavy atom. The Morgan fingerprint density at radius 3 is 2.61 bits per heavy atom. The predicted molar refractivity (Wildman–Crippen MR) is 213 cm³/mol. The number of thiophene rings is 1. The quantitative estimate of drug-likeness (QED) is 0.176. The first-order valence-corrected chi connectivity index (χ1v) is 20.3. The van der Waals surface area contributed by atoms with Crippen molar-refractivity contribution in [3.8, 4) is 16.8 Å². The Balaban J connectivity index is 0.821. The Hall–Kier alpha value is -5.42. The Morgan fingerprint density at radius 2 is 1.80 bits per heavy atom. The number of nitrogens with one attached hydrogen (secondary N) is 1. The van der Waals surface area contributed by atoms with E-state index in [1.807, 2.05) is 60.4 Å². The van der Waals surface area contributed by atoms with Crippen LogP contribution in [0, 0.1) is 31.6 Å². The molecule has 1 N–H and O–H groups in total. The Kier molecular flexibility index (Phi) is 9.65. The molecule has 4 aliphatic rings. The van der Waals surface area contributed by atoms with Crippen LogP contribution in [0.1, 0.15) is 85.9 Å². The highest BCUT2D eigenvalue weighted by Crippen LogP contribution is 2.37. The van der Waals surface area contributed by atoms with Gasteiger partial charge in [-0.2, -0.15) is 5.10 Å². The van der Waals surface area contributed by atoms with Crippen molar-refractivity contribution in [2.45, 2.75) is 71.6 Å². The summed E-state index contributed by atoms with van der Waals surface area (Å²) in [6.45, 7) is 8.62. The van der Waals surface area contributed by atoms with Gasteiger partial charge in [-0.15, -0.1) is 21.5 Å². The van der Waals surface area contributed by atoms with E-state index in [4.69, 9.17) is 16.6 Å². The zero-order chi connectivity index (χ0) is 38.5. The number of likely N-dealkylation sites (tertiary alicyclic amines) is 1. The molecule has 4 aliphatic heterocycles. The second kappa shape index (κ2) is 14.9. The van der Waals surface area contributed by atoms with Gasteiger partial charge in [0.2, 0.25) is 11.8 Å². The maximum atomic E-state index is 13.3. The van der Waals surface area contributed by atoms with Gasteiger partial charge >= 0.3 is 0 Å². The molecule has 2 saturated heterocycles. The van der Waals surface area contributed by atoms with Crippen LogP contribution in [0.4, 0.5) is 0 Å². The van der Waals surface area contributed by atoms with Crippen LogP contribution in [0.15, 0.2) is 59.9 Å². The number of benzene rings is 2. The second-order valence-corrected chi connectivity index (χ2v) is 16.4. The van der Waals surface area contributed by atoms with Gasteiger partial charge in [0.05, 0.1) is 28.9 Å². The van der Waals surface area contributed by atoms with Crippen LogP contribution in [0.5, 0.6) is 0 Å². The number of hydrogen-bond acceptors (Lipinski definition) is 9. The van der Waals surface area contributed by atoms with Crippen LogP contribution < -0.4 is 5.32 Å². The van der Waals surface area contributed by atoms with E-state index in [0.29, 0.717) is 36.0 Å². The van der Waals surface area contributed by atoms with E-state index in [2.05, 4.69) is 54.9 Å². The number of aryl methyl sites for hydroxylation is 1. The van der Waals surface area contributed by atoms with Crippen molar-refractivity contribution in [2.75, 3.05) is 19.6 Å². The van der Waals surface area contributed by atoms with Crippen molar-refractivity contribution in [2.24, 2.45) is 10.9 Å². The third-order valence-corrected chi connectivity index (χ3v) is 12.9. The molecule has 0 bridgehead atoms. The largest absolute Gasteiger partial charge is 0.322 e. The first kappa shape index (κ1) is 36.2. The highest BCUT2D eigenvalue weighted by Gasteiger charge is 2.40. The number of hydrogen-bond donors (Lipinski definition) is 1. The SMILES string of the molecule is Cc1c(C#Cc2cnn(CCN3CCC(Cc4cccc5c4CN(C4CCC(=O)NC4=O)C5=O)CC3)c2)sc2c1C(c1ccc(Cl)cc1)=NCc1nnc(C)n1-2. The summed E-state index contributed by atoms with van der Waals surface area (Å²) in [7, 11) is 0. The molecule has 2 fully saturated rings. The summed E-state index contributed by atoms with van der Waals surface area (Å²) in [5, 5.41) is 17.5. The number of halogens is 1. The van der Waals surface area contributed by atoms with Crippen LogP contribution >= 0.6 is 22.9 Å². The van der Waals surface area contributed by atoms with Crippen LogP contribution in [0.2, 0.25) is 5.02 Å². The number of piperidine rings is 2. The zero-order valence-electron chi connectivity index (χ0n) is 31.2. The fourth-order valence-electron chi connectivity index (χ4n) is 8.39. The minimum Gasteiger partial charge on any atom is -0.322 e. The molecule has 1 unspecified atom stereocenters. The molecule has 5 aromatic rings. The molecular weight excluding hydrogens is 746 g/mol. The van der Waals surface area contributed by atoms with Gasteiger partial charge in [0.1, 0.15) is 23.4 Å². The monoisotopic (exact) mass is 785 g/mol. The summed E-state index contributed by atoms with van der Waals surface area (Å²) in [4.78, 5) is 47.6. The van der Waals surface area contributed by atoms with E-state index in [-0.39, 0.29) is 24.1 Å². The second-order valence-electron chi connectivity index (χ2n) is 15.0. The number of aliphatic imine (C=N–C) groups is 1. The number of carbonyl (C=O) groups excluding carboxylic acids is 3. The molecule has 0 spiro atoms. The molecule has 3 aromatic heterocycles. The number of carbonyl (C=O) groups is 3. The van der Waals surface area contributed by atoms with Gasteiger partial charge in [-0.1, -0.05) is 47.7 Å². The van der Waals surface area contributed by atoms with Gasteiger partial charge < -0.3 is 9.80 Å². The van der Waals surface area contributed by atoms with Gasteiger partial charge in [0, 0.05) is 47.4 Å². The van der Waals surface area contributed by atoms with E-state index < -0.39 is 6.04 Å².